The van der Waals surface area contributed by atoms with Crippen molar-refractivity contribution in [2.24, 2.45) is 0 Å². The minimum absolute atomic E-state index is 0.0531. The lowest BCUT2D eigenvalue weighted by atomic mass is 10.2. The van der Waals surface area contributed by atoms with E-state index in [1.807, 2.05) is 6.92 Å². The molecule has 1 saturated heterocycles. The fraction of sp³-hybridized carbons (Fsp3) is 0.800. The smallest absolute Gasteiger partial charge is 0.246 e. The normalized spacial score (nSPS) is 22.7. The number of carbonyl (C=O) groups is 2. The molecule has 16 heavy (non-hydrogen) atoms. The molecule has 2 unspecified atom stereocenters. The van der Waals surface area contributed by atoms with E-state index in [0.29, 0.717) is 25.5 Å². The number of ether oxygens (including phenoxy) is 1. The van der Waals surface area contributed by atoms with Crippen LogP contribution >= 0.6 is 12.6 Å². The Morgan fingerprint density at radius 3 is 2.81 bits per heavy atom. The summed E-state index contributed by atoms with van der Waals surface area (Å²) in [5, 5.41) is 2.60. The second-order valence-electron chi connectivity index (χ2n) is 3.89. The first-order chi connectivity index (χ1) is 7.56. The van der Waals surface area contributed by atoms with E-state index >= 15 is 0 Å². The molecule has 0 aromatic carbocycles. The number of nitrogens with one attached hydrogen (secondary N) is 1. The second kappa shape index (κ2) is 6.10. The van der Waals surface area contributed by atoms with Crippen molar-refractivity contribution in [1.29, 1.82) is 0 Å². The summed E-state index contributed by atoms with van der Waals surface area (Å²) >= 11 is 4.09. The standard InChI is InChI=1S/C10H18N2O3S/c1-7-5-15-4-3-12(7)10(14)9(6-16)11-8(2)13/h7,9,16H,3-6H2,1-2H3,(H,11,13). The predicted molar refractivity (Wildman–Crippen MR) is 63.5 cm³/mol. The van der Waals surface area contributed by atoms with Gasteiger partial charge in [0.25, 0.3) is 0 Å². The van der Waals surface area contributed by atoms with Crippen molar-refractivity contribution in [3.63, 3.8) is 0 Å². The number of rotatable bonds is 3. The van der Waals surface area contributed by atoms with Gasteiger partial charge in [0.05, 0.1) is 19.3 Å². The van der Waals surface area contributed by atoms with Gasteiger partial charge in [-0.25, -0.2) is 0 Å². The lowest BCUT2D eigenvalue weighted by Crippen LogP contribution is -2.55. The van der Waals surface area contributed by atoms with Crippen molar-refractivity contribution in [3.05, 3.63) is 0 Å². The molecule has 1 aliphatic heterocycles. The largest absolute Gasteiger partial charge is 0.377 e. The molecule has 0 aliphatic carbocycles. The van der Waals surface area contributed by atoms with Gasteiger partial charge in [-0.05, 0) is 6.92 Å². The number of amides is 2. The molecule has 1 fully saturated rings. The molecule has 0 radical (unpaired) electrons. The van der Waals surface area contributed by atoms with Crippen molar-refractivity contribution >= 4 is 24.4 Å². The zero-order chi connectivity index (χ0) is 12.1. The SMILES string of the molecule is CC(=O)NC(CS)C(=O)N1CCOCC1C. The molecule has 2 atom stereocenters. The first kappa shape index (κ1) is 13.3. The summed E-state index contributed by atoms with van der Waals surface area (Å²) < 4.78 is 5.26. The first-order valence-electron chi connectivity index (χ1n) is 5.32. The van der Waals surface area contributed by atoms with Gasteiger partial charge in [0, 0.05) is 19.2 Å². The number of hydrogen-bond donors (Lipinski definition) is 2. The molecule has 6 heteroatoms. The summed E-state index contributed by atoms with van der Waals surface area (Å²) in [6.45, 7) is 5.00. The van der Waals surface area contributed by atoms with Crippen molar-refractivity contribution in [1.82, 2.24) is 10.2 Å². The van der Waals surface area contributed by atoms with E-state index in [1.54, 1.807) is 4.90 Å². The van der Waals surface area contributed by atoms with Crippen molar-refractivity contribution in [2.45, 2.75) is 25.9 Å². The highest BCUT2D eigenvalue weighted by molar-refractivity contribution is 7.80. The highest BCUT2D eigenvalue weighted by atomic mass is 32.1. The van der Waals surface area contributed by atoms with Crippen LogP contribution in [0.5, 0.6) is 0 Å². The van der Waals surface area contributed by atoms with E-state index in [-0.39, 0.29) is 17.9 Å². The van der Waals surface area contributed by atoms with Gasteiger partial charge in [0.1, 0.15) is 6.04 Å². The second-order valence-corrected chi connectivity index (χ2v) is 4.26. The maximum Gasteiger partial charge on any atom is 0.246 e. The number of morpholine rings is 1. The van der Waals surface area contributed by atoms with Crippen LogP contribution in [0.1, 0.15) is 13.8 Å². The Hall–Kier alpha value is -0.750. The van der Waals surface area contributed by atoms with Gasteiger partial charge in [0.2, 0.25) is 11.8 Å². The van der Waals surface area contributed by atoms with Crippen LogP contribution in [-0.2, 0) is 14.3 Å². The molecule has 1 rings (SSSR count). The fourth-order valence-corrected chi connectivity index (χ4v) is 1.93. The summed E-state index contributed by atoms with van der Waals surface area (Å²) in [6.07, 6.45) is 0. The van der Waals surface area contributed by atoms with Gasteiger partial charge < -0.3 is 15.0 Å². The summed E-state index contributed by atoms with van der Waals surface area (Å²) in [5.41, 5.74) is 0. The summed E-state index contributed by atoms with van der Waals surface area (Å²) in [7, 11) is 0. The zero-order valence-electron chi connectivity index (χ0n) is 9.60. The lowest BCUT2D eigenvalue weighted by Gasteiger charge is -2.35. The van der Waals surface area contributed by atoms with E-state index in [9.17, 15) is 9.59 Å². The van der Waals surface area contributed by atoms with Gasteiger partial charge in [-0.2, -0.15) is 12.6 Å². The van der Waals surface area contributed by atoms with Crippen LogP contribution in [0.2, 0.25) is 0 Å². The molecule has 1 aliphatic rings. The minimum Gasteiger partial charge on any atom is -0.377 e. The third-order valence-corrected chi connectivity index (χ3v) is 2.87. The van der Waals surface area contributed by atoms with Gasteiger partial charge in [-0.15, -0.1) is 0 Å². The number of carbonyl (C=O) groups excluding carboxylic acids is 2. The number of thiol groups is 1. The average molecular weight is 246 g/mol. The third-order valence-electron chi connectivity index (χ3n) is 2.51. The molecule has 2 amide bonds. The highest BCUT2D eigenvalue weighted by Crippen LogP contribution is 2.08. The van der Waals surface area contributed by atoms with Crippen LogP contribution in [0.4, 0.5) is 0 Å². The maximum atomic E-state index is 12.1. The molecular weight excluding hydrogens is 228 g/mol. The van der Waals surface area contributed by atoms with E-state index in [4.69, 9.17) is 4.74 Å². The molecule has 0 aromatic heterocycles. The average Bonchev–Trinajstić information content (AvgIpc) is 2.25. The Labute approximate surface area is 101 Å². The Morgan fingerprint density at radius 1 is 1.62 bits per heavy atom. The Bertz CT molecular complexity index is 273. The Kier molecular flexibility index (Phi) is 5.08. The van der Waals surface area contributed by atoms with Gasteiger partial charge >= 0.3 is 0 Å². The van der Waals surface area contributed by atoms with E-state index < -0.39 is 6.04 Å². The lowest BCUT2D eigenvalue weighted by molar-refractivity contribution is -0.142. The quantitative estimate of drug-likeness (QED) is 0.670. The molecule has 0 saturated carbocycles. The number of hydrogen-bond acceptors (Lipinski definition) is 4. The Balaban J connectivity index is 2.62. The van der Waals surface area contributed by atoms with Crippen LogP contribution in [0.25, 0.3) is 0 Å². The first-order valence-corrected chi connectivity index (χ1v) is 5.95. The highest BCUT2D eigenvalue weighted by Gasteiger charge is 2.29. The van der Waals surface area contributed by atoms with Crippen molar-refractivity contribution < 1.29 is 14.3 Å². The molecule has 0 aromatic rings. The van der Waals surface area contributed by atoms with Crippen molar-refractivity contribution in [3.8, 4) is 0 Å². The van der Waals surface area contributed by atoms with Crippen LogP contribution in [0, 0.1) is 0 Å². The van der Waals surface area contributed by atoms with Gasteiger partial charge in [-0.3, -0.25) is 9.59 Å². The Morgan fingerprint density at radius 2 is 2.31 bits per heavy atom. The monoisotopic (exact) mass is 246 g/mol. The van der Waals surface area contributed by atoms with Crippen molar-refractivity contribution in [2.75, 3.05) is 25.5 Å². The fourth-order valence-electron chi connectivity index (χ4n) is 1.69. The molecule has 0 spiro atoms. The summed E-state index contributed by atoms with van der Waals surface area (Å²) in [4.78, 5) is 24.8. The molecule has 0 bridgehead atoms. The molecule has 92 valence electrons. The molecular formula is C10H18N2O3S. The predicted octanol–water partition coefficient (Wildman–Crippen LogP) is -0.332. The van der Waals surface area contributed by atoms with Crippen LogP contribution < -0.4 is 5.32 Å². The molecule has 1 heterocycles. The minimum atomic E-state index is -0.540. The summed E-state index contributed by atoms with van der Waals surface area (Å²) in [5.74, 6) is 0.0111. The maximum absolute atomic E-state index is 12.1. The summed E-state index contributed by atoms with van der Waals surface area (Å²) in [6, 6.07) is -0.487. The van der Waals surface area contributed by atoms with E-state index in [2.05, 4.69) is 17.9 Å². The van der Waals surface area contributed by atoms with Crippen LogP contribution in [0.15, 0.2) is 0 Å². The third kappa shape index (κ3) is 3.38. The van der Waals surface area contributed by atoms with Crippen LogP contribution in [0.3, 0.4) is 0 Å². The zero-order valence-corrected chi connectivity index (χ0v) is 10.5. The molecule has 1 N–H and O–H groups in total. The van der Waals surface area contributed by atoms with Gasteiger partial charge in [0.15, 0.2) is 0 Å². The van der Waals surface area contributed by atoms with Crippen LogP contribution in [-0.4, -0.2) is 54.3 Å². The van der Waals surface area contributed by atoms with Gasteiger partial charge in [-0.1, -0.05) is 0 Å². The van der Waals surface area contributed by atoms with E-state index in [0.717, 1.165) is 0 Å². The topological polar surface area (TPSA) is 58.6 Å². The van der Waals surface area contributed by atoms with E-state index in [1.165, 1.54) is 6.92 Å². The number of nitrogens with zero attached hydrogens (tertiary/aromatic N) is 1. The molecule has 5 nitrogen and oxygen atoms in total.